The van der Waals surface area contributed by atoms with E-state index in [0.717, 1.165) is 58.1 Å². The van der Waals surface area contributed by atoms with Crippen molar-refractivity contribution in [3.05, 3.63) is 42.0 Å². The van der Waals surface area contributed by atoms with Gasteiger partial charge < -0.3 is 20.1 Å². The van der Waals surface area contributed by atoms with Crippen molar-refractivity contribution in [2.24, 2.45) is 10.4 Å². The summed E-state index contributed by atoms with van der Waals surface area (Å²) < 4.78 is 5.44. The number of hydrogen-bond donors (Lipinski definition) is 2. The molecule has 0 aromatic heterocycles. The first kappa shape index (κ1) is 18.0. The molecule has 3 rings (SSSR count). The van der Waals surface area contributed by atoms with E-state index in [1.54, 1.807) is 0 Å². The topological polar surface area (TPSA) is 57.1 Å². The summed E-state index contributed by atoms with van der Waals surface area (Å²) in [6.45, 7) is 4.21. The van der Waals surface area contributed by atoms with Crippen LogP contribution in [0.3, 0.4) is 0 Å². The molecule has 0 amide bonds. The number of hydrogen-bond acceptors (Lipinski definition) is 3. The van der Waals surface area contributed by atoms with E-state index < -0.39 is 0 Å². The molecule has 136 valence electrons. The molecule has 0 atom stereocenters. The monoisotopic (exact) mass is 343 g/mol. The lowest BCUT2D eigenvalue weighted by molar-refractivity contribution is -0.0134. The van der Waals surface area contributed by atoms with Gasteiger partial charge in [0, 0.05) is 45.3 Å². The second kappa shape index (κ2) is 8.50. The fourth-order valence-corrected chi connectivity index (χ4v) is 3.57. The van der Waals surface area contributed by atoms with Gasteiger partial charge in [0.2, 0.25) is 0 Å². The molecule has 0 aliphatic carbocycles. The average Bonchev–Trinajstić information content (AvgIpc) is 2.70. The van der Waals surface area contributed by atoms with Gasteiger partial charge in [-0.05, 0) is 30.4 Å². The molecule has 1 aromatic rings. The van der Waals surface area contributed by atoms with Crippen LogP contribution >= 0.6 is 0 Å². The second-order valence-corrected chi connectivity index (χ2v) is 6.96. The number of aliphatic imine (C=N–C) groups is 1. The molecule has 2 aliphatic heterocycles. The van der Waals surface area contributed by atoms with Crippen LogP contribution in [-0.4, -0.2) is 62.5 Å². The van der Waals surface area contributed by atoms with Gasteiger partial charge in [0.05, 0.1) is 6.61 Å². The highest BCUT2D eigenvalue weighted by molar-refractivity contribution is 5.81. The lowest BCUT2D eigenvalue weighted by Crippen LogP contribution is -2.49. The summed E-state index contributed by atoms with van der Waals surface area (Å²) in [5.74, 6) is 0.919. The molecule has 0 saturated carbocycles. The first-order chi connectivity index (χ1) is 12.3. The Morgan fingerprint density at radius 1 is 1.28 bits per heavy atom. The molecule has 0 bridgehead atoms. The molecule has 1 saturated heterocycles. The molecule has 0 unspecified atom stereocenters. The molecule has 2 N–H and O–H groups in total. The van der Waals surface area contributed by atoms with Crippen LogP contribution in [0.1, 0.15) is 24.8 Å². The lowest BCUT2D eigenvalue weighted by atomic mass is 9.81. The van der Waals surface area contributed by atoms with E-state index in [0.29, 0.717) is 0 Å². The van der Waals surface area contributed by atoms with Gasteiger partial charge in [-0.3, -0.25) is 4.99 Å². The normalized spacial score (nSPS) is 21.0. The van der Waals surface area contributed by atoms with Crippen molar-refractivity contribution in [1.82, 2.24) is 10.2 Å². The maximum absolute atomic E-state index is 9.84. The van der Waals surface area contributed by atoms with E-state index in [2.05, 4.69) is 51.6 Å². The van der Waals surface area contributed by atoms with Crippen LogP contribution in [0.5, 0.6) is 0 Å². The zero-order valence-electron chi connectivity index (χ0n) is 15.1. The first-order valence-corrected chi connectivity index (χ1v) is 9.15. The molecule has 5 nitrogen and oxygen atoms in total. The Morgan fingerprint density at radius 2 is 2.04 bits per heavy atom. The summed E-state index contributed by atoms with van der Waals surface area (Å²) in [4.78, 5) is 6.72. The summed E-state index contributed by atoms with van der Waals surface area (Å²) in [6, 6.07) is 10.6. The molecular formula is C20H29N3O2. The van der Waals surface area contributed by atoms with Crippen LogP contribution in [0.4, 0.5) is 0 Å². The van der Waals surface area contributed by atoms with Crippen LogP contribution in [0, 0.1) is 5.41 Å². The van der Waals surface area contributed by atoms with E-state index in [1.807, 2.05) is 7.05 Å². The van der Waals surface area contributed by atoms with Gasteiger partial charge in [-0.1, -0.05) is 36.4 Å². The molecule has 0 spiro atoms. The van der Waals surface area contributed by atoms with Crippen molar-refractivity contribution < 1.29 is 9.84 Å². The van der Waals surface area contributed by atoms with Crippen LogP contribution in [0.25, 0.3) is 5.57 Å². The molecule has 2 heterocycles. The maximum Gasteiger partial charge on any atom is 0.193 e. The SMILES string of the molecule is CN=C(NCC1(CO)CCOCC1)N1CC=C(c2ccccc2)CC1. The minimum absolute atomic E-state index is 0.0883. The Kier molecular flexibility index (Phi) is 6.10. The third-order valence-electron chi connectivity index (χ3n) is 5.38. The van der Waals surface area contributed by atoms with Gasteiger partial charge in [-0.25, -0.2) is 0 Å². The highest BCUT2D eigenvalue weighted by Crippen LogP contribution is 2.29. The predicted molar refractivity (Wildman–Crippen MR) is 102 cm³/mol. The second-order valence-electron chi connectivity index (χ2n) is 6.96. The van der Waals surface area contributed by atoms with Crippen molar-refractivity contribution in [3.63, 3.8) is 0 Å². The molecule has 0 radical (unpaired) electrons. The average molecular weight is 343 g/mol. The number of aliphatic hydroxyl groups excluding tert-OH is 1. The first-order valence-electron chi connectivity index (χ1n) is 9.15. The summed E-state index contributed by atoms with van der Waals surface area (Å²) in [7, 11) is 1.83. The molecule has 2 aliphatic rings. The van der Waals surface area contributed by atoms with E-state index in [9.17, 15) is 5.11 Å². The predicted octanol–water partition coefficient (Wildman–Crippen LogP) is 2.14. The highest BCUT2D eigenvalue weighted by atomic mass is 16.5. The van der Waals surface area contributed by atoms with Gasteiger partial charge in [0.1, 0.15) is 0 Å². The Labute approximate surface area is 150 Å². The van der Waals surface area contributed by atoms with Gasteiger partial charge in [0.25, 0.3) is 0 Å². The van der Waals surface area contributed by atoms with Crippen molar-refractivity contribution >= 4 is 11.5 Å². The lowest BCUT2D eigenvalue weighted by Gasteiger charge is -2.37. The Balaban J connectivity index is 1.58. The van der Waals surface area contributed by atoms with E-state index in [4.69, 9.17) is 4.74 Å². The zero-order chi connectivity index (χ0) is 17.5. The van der Waals surface area contributed by atoms with Crippen LogP contribution < -0.4 is 5.32 Å². The molecule has 25 heavy (non-hydrogen) atoms. The minimum atomic E-state index is -0.0883. The number of ether oxygens (including phenoxy) is 1. The van der Waals surface area contributed by atoms with Crippen LogP contribution in [0.15, 0.2) is 41.4 Å². The van der Waals surface area contributed by atoms with Crippen molar-refractivity contribution in [2.45, 2.75) is 19.3 Å². The summed E-state index contributed by atoms with van der Waals surface area (Å²) >= 11 is 0. The summed E-state index contributed by atoms with van der Waals surface area (Å²) in [5, 5.41) is 13.3. The third kappa shape index (κ3) is 4.41. The number of nitrogens with one attached hydrogen (secondary N) is 1. The Hall–Kier alpha value is -1.85. The van der Waals surface area contributed by atoms with Gasteiger partial charge >= 0.3 is 0 Å². The van der Waals surface area contributed by atoms with Crippen LogP contribution in [0.2, 0.25) is 0 Å². The minimum Gasteiger partial charge on any atom is -0.396 e. The largest absolute Gasteiger partial charge is 0.396 e. The number of rotatable bonds is 4. The number of aliphatic hydroxyl groups is 1. The number of nitrogens with zero attached hydrogens (tertiary/aromatic N) is 2. The quantitative estimate of drug-likeness (QED) is 0.650. The summed E-state index contributed by atoms with van der Waals surface area (Å²) in [6.07, 6.45) is 5.10. The fraction of sp³-hybridized carbons (Fsp3) is 0.550. The molecule has 1 fully saturated rings. The highest BCUT2D eigenvalue weighted by Gasteiger charge is 2.32. The Morgan fingerprint density at radius 3 is 2.64 bits per heavy atom. The molecular weight excluding hydrogens is 314 g/mol. The maximum atomic E-state index is 9.84. The number of benzene rings is 1. The van der Waals surface area contributed by atoms with Crippen molar-refractivity contribution in [3.8, 4) is 0 Å². The van der Waals surface area contributed by atoms with Gasteiger partial charge in [0.15, 0.2) is 5.96 Å². The van der Waals surface area contributed by atoms with Crippen LogP contribution in [-0.2, 0) is 4.74 Å². The van der Waals surface area contributed by atoms with E-state index in [1.165, 1.54) is 11.1 Å². The van der Waals surface area contributed by atoms with E-state index in [-0.39, 0.29) is 12.0 Å². The van der Waals surface area contributed by atoms with Gasteiger partial charge in [-0.2, -0.15) is 0 Å². The number of guanidine groups is 1. The zero-order valence-corrected chi connectivity index (χ0v) is 15.1. The van der Waals surface area contributed by atoms with Crippen molar-refractivity contribution in [2.75, 3.05) is 46.5 Å². The van der Waals surface area contributed by atoms with Crippen molar-refractivity contribution in [1.29, 1.82) is 0 Å². The molecule has 5 heteroatoms. The Bertz CT molecular complexity index is 607. The van der Waals surface area contributed by atoms with E-state index >= 15 is 0 Å². The molecule has 1 aromatic carbocycles. The third-order valence-corrected chi connectivity index (χ3v) is 5.38. The summed E-state index contributed by atoms with van der Waals surface area (Å²) in [5.41, 5.74) is 2.63. The van der Waals surface area contributed by atoms with Gasteiger partial charge in [-0.15, -0.1) is 0 Å². The fourth-order valence-electron chi connectivity index (χ4n) is 3.57. The smallest absolute Gasteiger partial charge is 0.193 e. The standard InChI is InChI=1S/C20H29N3O2/c1-21-19(22-15-20(16-24)9-13-25-14-10-20)23-11-7-18(8-12-23)17-5-3-2-4-6-17/h2-7,24H,8-16H2,1H3,(H,21,22).